The Hall–Kier alpha value is -1.62. The number of ether oxygens (including phenoxy) is 2. The first-order valence-corrected chi connectivity index (χ1v) is 6.60. The second kappa shape index (κ2) is 6.02. The highest BCUT2D eigenvalue weighted by Gasteiger charge is 2.18. The Labute approximate surface area is 114 Å². The van der Waals surface area contributed by atoms with Gasteiger partial charge in [0.2, 0.25) is 0 Å². The van der Waals surface area contributed by atoms with Gasteiger partial charge in [-0.25, -0.2) is 0 Å². The molecule has 0 unspecified atom stereocenters. The Kier molecular flexibility index (Phi) is 4.37. The molecule has 5 nitrogen and oxygen atoms in total. The summed E-state index contributed by atoms with van der Waals surface area (Å²) in [7, 11) is 5.40. The van der Waals surface area contributed by atoms with E-state index in [0.29, 0.717) is 23.2 Å². The first-order chi connectivity index (χ1) is 9.13. The Bertz CT molecular complexity index is 429. The zero-order valence-corrected chi connectivity index (χ0v) is 11.9. The maximum Gasteiger partial charge on any atom is 0.162 e. The fraction of sp³-hybridized carbons (Fsp3) is 0.571. The van der Waals surface area contributed by atoms with Gasteiger partial charge in [0, 0.05) is 18.2 Å². The lowest BCUT2D eigenvalue weighted by Gasteiger charge is -2.30. The lowest BCUT2D eigenvalue weighted by molar-refractivity contribution is 0.264. The van der Waals surface area contributed by atoms with E-state index >= 15 is 0 Å². The lowest BCUT2D eigenvalue weighted by Crippen LogP contribution is -2.36. The average molecular weight is 265 g/mol. The van der Waals surface area contributed by atoms with Gasteiger partial charge in [0.25, 0.3) is 0 Å². The number of anilines is 2. The number of piperidine rings is 1. The predicted octanol–water partition coefficient (Wildman–Crippen LogP) is 1.79. The molecule has 1 aromatic rings. The summed E-state index contributed by atoms with van der Waals surface area (Å²) < 4.78 is 10.5. The molecular formula is C14H23N3O2. The lowest BCUT2D eigenvalue weighted by atomic mass is 10.0. The highest BCUT2D eigenvalue weighted by Crippen LogP contribution is 2.35. The van der Waals surface area contributed by atoms with Gasteiger partial charge in [0.1, 0.15) is 0 Å². The molecule has 3 N–H and O–H groups in total. The van der Waals surface area contributed by atoms with Crippen LogP contribution < -0.4 is 20.5 Å². The molecule has 0 atom stereocenters. The molecule has 1 fully saturated rings. The summed E-state index contributed by atoms with van der Waals surface area (Å²) >= 11 is 0. The summed E-state index contributed by atoms with van der Waals surface area (Å²) in [5, 5.41) is 3.51. The molecule has 1 aliphatic heterocycles. The number of hydrogen-bond acceptors (Lipinski definition) is 5. The van der Waals surface area contributed by atoms with E-state index in [0.717, 1.165) is 31.6 Å². The van der Waals surface area contributed by atoms with Gasteiger partial charge in [-0.3, -0.25) is 0 Å². The van der Waals surface area contributed by atoms with Crippen LogP contribution in [0.3, 0.4) is 0 Å². The molecule has 5 heteroatoms. The van der Waals surface area contributed by atoms with Crippen LogP contribution in [0.1, 0.15) is 12.8 Å². The molecule has 106 valence electrons. The van der Waals surface area contributed by atoms with Crippen LogP contribution in [-0.2, 0) is 0 Å². The van der Waals surface area contributed by atoms with Crippen LogP contribution in [-0.4, -0.2) is 45.3 Å². The van der Waals surface area contributed by atoms with E-state index in [9.17, 15) is 0 Å². The summed E-state index contributed by atoms with van der Waals surface area (Å²) in [6, 6.07) is 4.18. The molecule has 0 bridgehead atoms. The fourth-order valence-electron chi connectivity index (χ4n) is 2.39. The average Bonchev–Trinajstić information content (AvgIpc) is 2.43. The van der Waals surface area contributed by atoms with Crippen molar-refractivity contribution >= 4 is 11.4 Å². The van der Waals surface area contributed by atoms with Gasteiger partial charge < -0.3 is 25.4 Å². The third-order valence-corrected chi connectivity index (χ3v) is 3.63. The molecule has 19 heavy (non-hydrogen) atoms. The Morgan fingerprint density at radius 2 is 1.74 bits per heavy atom. The first-order valence-electron chi connectivity index (χ1n) is 6.60. The number of rotatable bonds is 4. The number of nitrogens with zero attached hydrogens (tertiary/aromatic N) is 1. The van der Waals surface area contributed by atoms with Crippen LogP contribution in [0.4, 0.5) is 11.4 Å². The number of benzene rings is 1. The minimum absolute atomic E-state index is 0.469. The number of likely N-dealkylation sites (tertiary alicyclic amines) is 1. The van der Waals surface area contributed by atoms with Crippen molar-refractivity contribution in [3.63, 3.8) is 0 Å². The van der Waals surface area contributed by atoms with E-state index in [1.54, 1.807) is 20.3 Å². The second-order valence-corrected chi connectivity index (χ2v) is 5.02. The summed E-state index contributed by atoms with van der Waals surface area (Å²) in [4.78, 5) is 2.34. The van der Waals surface area contributed by atoms with Crippen molar-refractivity contribution in [3.8, 4) is 11.5 Å². The Morgan fingerprint density at radius 1 is 1.16 bits per heavy atom. The third kappa shape index (κ3) is 3.23. The molecule has 1 saturated heterocycles. The minimum Gasteiger partial charge on any atom is -0.493 e. The van der Waals surface area contributed by atoms with Crippen molar-refractivity contribution in [2.24, 2.45) is 0 Å². The minimum atomic E-state index is 0.469. The van der Waals surface area contributed by atoms with Crippen molar-refractivity contribution in [3.05, 3.63) is 12.1 Å². The van der Waals surface area contributed by atoms with Crippen LogP contribution in [0.25, 0.3) is 0 Å². The summed E-state index contributed by atoms with van der Waals surface area (Å²) in [5.74, 6) is 1.36. The zero-order valence-electron chi connectivity index (χ0n) is 11.9. The van der Waals surface area contributed by atoms with Crippen LogP contribution in [0.5, 0.6) is 11.5 Å². The smallest absolute Gasteiger partial charge is 0.162 e. The van der Waals surface area contributed by atoms with E-state index in [4.69, 9.17) is 15.2 Å². The molecule has 2 rings (SSSR count). The van der Waals surface area contributed by atoms with Crippen molar-refractivity contribution < 1.29 is 9.47 Å². The number of nitrogen functional groups attached to an aromatic ring is 1. The Balaban J connectivity index is 2.11. The zero-order chi connectivity index (χ0) is 13.8. The fourth-order valence-corrected chi connectivity index (χ4v) is 2.39. The van der Waals surface area contributed by atoms with Crippen molar-refractivity contribution in [2.75, 3.05) is 45.4 Å². The van der Waals surface area contributed by atoms with Gasteiger partial charge in [-0.1, -0.05) is 0 Å². The maximum absolute atomic E-state index is 6.06. The van der Waals surface area contributed by atoms with E-state index in [-0.39, 0.29) is 0 Å². The van der Waals surface area contributed by atoms with Gasteiger partial charge in [-0.15, -0.1) is 0 Å². The molecule has 0 spiro atoms. The standard InChI is InChI=1S/C14H23N3O2/c1-17-6-4-10(5-7-17)16-12-9-14(19-3)13(18-2)8-11(12)15/h8-10,16H,4-7,15H2,1-3H3. The molecule has 1 aromatic carbocycles. The van der Waals surface area contributed by atoms with Crippen LogP contribution in [0.2, 0.25) is 0 Å². The quantitative estimate of drug-likeness (QED) is 0.813. The van der Waals surface area contributed by atoms with Crippen molar-refractivity contribution in [1.82, 2.24) is 4.90 Å². The number of nitrogens with one attached hydrogen (secondary N) is 1. The van der Waals surface area contributed by atoms with Crippen LogP contribution >= 0.6 is 0 Å². The summed E-state index contributed by atoms with van der Waals surface area (Å²) in [6.07, 6.45) is 2.26. The number of nitrogens with two attached hydrogens (primary N) is 1. The third-order valence-electron chi connectivity index (χ3n) is 3.63. The van der Waals surface area contributed by atoms with Crippen LogP contribution in [0, 0.1) is 0 Å². The monoisotopic (exact) mass is 265 g/mol. The largest absolute Gasteiger partial charge is 0.493 e. The van der Waals surface area contributed by atoms with Crippen molar-refractivity contribution in [2.45, 2.75) is 18.9 Å². The molecule has 0 aromatic heterocycles. The predicted molar refractivity (Wildman–Crippen MR) is 78.1 cm³/mol. The molecule has 1 aliphatic rings. The van der Waals surface area contributed by atoms with Gasteiger partial charge in [0.15, 0.2) is 11.5 Å². The maximum atomic E-state index is 6.06. The first kappa shape index (κ1) is 13.8. The van der Waals surface area contributed by atoms with Crippen molar-refractivity contribution in [1.29, 1.82) is 0 Å². The normalized spacial score (nSPS) is 17.2. The summed E-state index contributed by atoms with van der Waals surface area (Å²) in [6.45, 7) is 2.23. The van der Waals surface area contributed by atoms with E-state index in [2.05, 4.69) is 17.3 Å². The Morgan fingerprint density at radius 3 is 2.32 bits per heavy atom. The van der Waals surface area contributed by atoms with Crippen LogP contribution in [0.15, 0.2) is 12.1 Å². The highest BCUT2D eigenvalue weighted by molar-refractivity contribution is 5.72. The van der Waals surface area contributed by atoms with Gasteiger partial charge in [-0.2, -0.15) is 0 Å². The second-order valence-electron chi connectivity index (χ2n) is 5.02. The van der Waals surface area contributed by atoms with Gasteiger partial charge >= 0.3 is 0 Å². The molecule has 0 radical (unpaired) electrons. The molecular weight excluding hydrogens is 242 g/mol. The van der Waals surface area contributed by atoms with E-state index in [1.807, 2.05) is 6.07 Å². The molecule has 0 saturated carbocycles. The molecule has 0 amide bonds. The van der Waals surface area contributed by atoms with E-state index in [1.165, 1.54) is 0 Å². The highest BCUT2D eigenvalue weighted by atomic mass is 16.5. The summed E-state index contributed by atoms with van der Waals surface area (Å²) in [5.41, 5.74) is 7.67. The molecule has 1 heterocycles. The SMILES string of the molecule is COc1cc(N)c(NC2CCN(C)CC2)cc1OC. The van der Waals surface area contributed by atoms with E-state index < -0.39 is 0 Å². The topological polar surface area (TPSA) is 59.8 Å². The van der Waals surface area contributed by atoms with Gasteiger partial charge in [-0.05, 0) is 33.0 Å². The number of methoxy groups -OCH3 is 2. The number of hydrogen-bond donors (Lipinski definition) is 2. The van der Waals surface area contributed by atoms with Gasteiger partial charge in [0.05, 0.1) is 25.6 Å². The molecule has 0 aliphatic carbocycles.